The monoisotopic (exact) mass is 219 g/mol. The minimum atomic E-state index is 0.467. The van der Waals surface area contributed by atoms with E-state index < -0.39 is 0 Å². The van der Waals surface area contributed by atoms with Crippen molar-refractivity contribution in [3.05, 3.63) is 29.3 Å². The molecule has 0 saturated carbocycles. The van der Waals surface area contributed by atoms with Crippen molar-refractivity contribution in [2.75, 3.05) is 13.1 Å². The highest BCUT2D eigenvalue weighted by Gasteiger charge is 2.26. The van der Waals surface area contributed by atoms with Gasteiger partial charge in [-0.05, 0) is 24.3 Å². The number of likely N-dealkylation sites (tertiary alicyclic amines) is 1. The van der Waals surface area contributed by atoms with E-state index in [1.165, 1.54) is 0 Å². The van der Waals surface area contributed by atoms with Gasteiger partial charge in [-0.25, -0.2) is 0 Å². The van der Waals surface area contributed by atoms with Gasteiger partial charge in [-0.1, -0.05) is 32.0 Å². The third-order valence-electron chi connectivity index (χ3n) is 3.78. The van der Waals surface area contributed by atoms with Crippen LogP contribution >= 0.6 is 0 Å². The molecule has 1 aliphatic rings. The van der Waals surface area contributed by atoms with Crippen LogP contribution in [0.2, 0.25) is 0 Å². The molecule has 2 rings (SSSR count). The van der Waals surface area contributed by atoms with Crippen LogP contribution in [-0.4, -0.2) is 23.1 Å². The number of aromatic hydroxyl groups is 1. The predicted octanol–water partition coefficient (Wildman–Crippen LogP) is 2.79. The molecule has 0 aromatic heterocycles. The standard InChI is InChI=1S/C14H21NO/c1-10-5-4-6-13(14(10)16)9-15-7-11(2)12(3)8-15/h4-6,11-12,16H,7-9H2,1-3H3. The van der Waals surface area contributed by atoms with Gasteiger partial charge in [0.15, 0.2) is 0 Å². The molecule has 2 unspecified atom stereocenters. The van der Waals surface area contributed by atoms with Crippen molar-refractivity contribution in [1.82, 2.24) is 4.90 Å². The van der Waals surface area contributed by atoms with Crippen LogP contribution in [-0.2, 0) is 6.54 Å². The molecule has 0 spiro atoms. The van der Waals surface area contributed by atoms with Gasteiger partial charge in [-0.3, -0.25) is 4.90 Å². The zero-order valence-electron chi connectivity index (χ0n) is 10.4. The molecule has 1 aliphatic heterocycles. The van der Waals surface area contributed by atoms with Crippen molar-refractivity contribution >= 4 is 0 Å². The van der Waals surface area contributed by atoms with Gasteiger partial charge < -0.3 is 5.11 Å². The minimum Gasteiger partial charge on any atom is -0.507 e. The maximum atomic E-state index is 9.96. The molecule has 0 amide bonds. The minimum absolute atomic E-state index is 0.467. The molecule has 88 valence electrons. The second kappa shape index (κ2) is 4.46. The zero-order chi connectivity index (χ0) is 11.7. The summed E-state index contributed by atoms with van der Waals surface area (Å²) >= 11 is 0. The van der Waals surface area contributed by atoms with Crippen LogP contribution in [0.1, 0.15) is 25.0 Å². The summed E-state index contributed by atoms with van der Waals surface area (Å²) in [5.41, 5.74) is 2.03. The highest BCUT2D eigenvalue weighted by Crippen LogP contribution is 2.27. The molecule has 2 nitrogen and oxygen atoms in total. The summed E-state index contributed by atoms with van der Waals surface area (Å²) in [4.78, 5) is 2.43. The van der Waals surface area contributed by atoms with E-state index >= 15 is 0 Å². The third kappa shape index (κ3) is 2.22. The highest BCUT2D eigenvalue weighted by atomic mass is 16.3. The average Bonchev–Trinajstić information content (AvgIpc) is 2.54. The van der Waals surface area contributed by atoms with Crippen LogP contribution in [0, 0.1) is 18.8 Å². The molecule has 0 radical (unpaired) electrons. The normalized spacial score (nSPS) is 26.2. The van der Waals surface area contributed by atoms with E-state index in [4.69, 9.17) is 0 Å². The van der Waals surface area contributed by atoms with Crippen molar-refractivity contribution in [3.63, 3.8) is 0 Å². The number of aryl methyl sites for hydroxylation is 1. The van der Waals surface area contributed by atoms with Crippen molar-refractivity contribution in [1.29, 1.82) is 0 Å². The van der Waals surface area contributed by atoms with Gasteiger partial charge in [0.1, 0.15) is 5.75 Å². The molecular weight excluding hydrogens is 198 g/mol. The number of rotatable bonds is 2. The molecule has 0 bridgehead atoms. The van der Waals surface area contributed by atoms with Crippen molar-refractivity contribution in [2.45, 2.75) is 27.3 Å². The van der Waals surface area contributed by atoms with Gasteiger partial charge in [-0.15, -0.1) is 0 Å². The lowest BCUT2D eigenvalue weighted by Gasteiger charge is -2.16. The van der Waals surface area contributed by atoms with Crippen molar-refractivity contribution in [3.8, 4) is 5.75 Å². The Hall–Kier alpha value is -1.02. The summed E-state index contributed by atoms with van der Waals surface area (Å²) in [5, 5.41) is 9.96. The number of hydrogen-bond donors (Lipinski definition) is 1. The Morgan fingerprint density at radius 1 is 1.25 bits per heavy atom. The third-order valence-corrected chi connectivity index (χ3v) is 3.78. The van der Waals surface area contributed by atoms with Gasteiger partial charge in [-0.2, -0.15) is 0 Å². The van der Waals surface area contributed by atoms with E-state index in [0.717, 1.165) is 42.6 Å². The van der Waals surface area contributed by atoms with E-state index in [0.29, 0.717) is 5.75 Å². The topological polar surface area (TPSA) is 23.5 Å². The fourth-order valence-corrected chi connectivity index (χ4v) is 2.47. The molecule has 1 saturated heterocycles. The van der Waals surface area contributed by atoms with Crippen LogP contribution in [0.5, 0.6) is 5.75 Å². The summed E-state index contributed by atoms with van der Waals surface area (Å²) in [5.74, 6) is 2.01. The van der Waals surface area contributed by atoms with Gasteiger partial charge in [0.05, 0.1) is 0 Å². The smallest absolute Gasteiger partial charge is 0.122 e. The Labute approximate surface area is 97.9 Å². The Bertz CT molecular complexity index is 365. The Kier molecular flexibility index (Phi) is 3.20. The summed E-state index contributed by atoms with van der Waals surface area (Å²) in [7, 11) is 0. The first kappa shape index (κ1) is 11.5. The highest BCUT2D eigenvalue weighted by molar-refractivity contribution is 5.39. The lowest BCUT2D eigenvalue weighted by molar-refractivity contribution is 0.309. The number of benzene rings is 1. The molecule has 2 heteroatoms. The predicted molar refractivity (Wildman–Crippen MR) is 66.4 cm³/mol. The Morgan fingerprint density at radius 2 is 1.88 bits per heavy atom. The maximum absolute atomic E-state index is 9.96. The summed E-state index contributed by atoms with van der Waals surface area (Å²) in [6.07, 6.45) is 0. The van der Waals surface area contributed by atoms with Gasteiger partial charge in [0, 0.05) is 25.2 Å². The summed E-state index contributed by atoms with van der Waals surface area (Å²) in [6, 6.07) is 6.00. The lowest BCUT2D eigenvalue weighted by atomic mass is 10.0. The first-order chi connectivity index (χ1) is 7.58. The number of phenols is 1. The SMILES string of the molecule is Cc1cccc(CN2CC(C)C(C)C2)c1O. The van der Waals surface area contributed by atoms with Crippen LogP contribution in [0.15, 0.2) is 18.2 Å². The van der Waals surface area contributed by atoms with E-state index in [2.05, 4.69) is 18.7 Å². The van der Waals surface area contributed by atoms with E-state index in [1.54, 1.807) is 0 Å². The second-order valence-electron chi connectivity index (χ2n) is 5.23. The fraction of sp³-hybridized carbons (Fsp3) is 0.571. The first-order valence-electron chi connectivity index (χ1n) is 6.07. The second-order valence-corrected chi connectivity index (χ2v) is 5.23. The van der Waals surface area contributed by atoms with Crippen LogP contribution in [0.4, 0.5) is 0 Å². The number of nitrogens with zero attached hydrogens (tertiary/aromatic N) is 1. The number of para-hydroxylation sites is 1. The van der Waals surface area contributed by atoms with Crippen molar-refractivity contribution in [2.24, 2.45) is 11.8 Å². The molecule has 16 heavy (non-hydrogen) atoms. The van der Waals surface area contributed by atoms with Crippen LogP contribution < -0.4 is 0 Å². The van der Waals surface area contributed by atoms with Crippen LogP contribution in [0.3, 0.4) is 0 Å². The van der Waals surface area contributed by atoms with Crippen molar-refractivity contribution < 1.29 is 5.11 Å². The molecule has 2 atom stereocenters. The number of phenolic OH excluding ortho intramolecular Hbond substituents is 1. The molecule has 1 aromatic carbocycles. The molecule has 1 heterocycles. The lowest BCUT2D eigenvalue weighted by Crippen LogP contribution is -2.20. The molecule has 1 N–H and O–H groups in total. The van der Waals surface area contributed by atoms with Gasteiger partial charge >= 0.3 is 0 Å². The quantitative estimate of drug-likeness (QED) is 0.826. The van der Waals surface area contributed by atoms with Crippen LogP contribution in [0.25, 0.3) is 0 Å². The van der Waals surface area contributed by atoms with E-state index in [9.17, 15) is 5.11 Å². The molecule has 1 aromatic rings. The Balaban J connectivity index is 2.08. The Morgan fingerprint density at radius 3 is 2.50 bits per heavy atom. The molecule has 1 fully saturated rings. The fourth-order valence-electron chi connectivity index (χ4n) is 2.47. The zero-order valence-corrected chi connectivity index (χ0v) is 10.4. The largest absolute Gasteiger partial charge is 0.507 e. The van der Waals surface area contributed by atoms with E-state index in [-0.39, 0.29) is 0 Å². The average molecular weight is 219 g/mol. The van der Waals surface area contributed by atoms with Gasteiger partial charge in [0.25, 0.3) is 0 Å². The number of hydrogen-bond acceptors (Lipinski definition) is 2. The molecular formula is C14H21NO. The van der Waals surface area contributed by atoms with E-state index in [1.807, 2.05) is 25.1 Å². The molecule has 0 aliphatic carbocycles. The van der Waals surface area contributed by atoms with Gasteiger partial charge in [0.2, 0.25) is 0 Å². The summed E-state index contributed by atoms with van der Waals surface area (Å²) in [6.45, 7) is 9.74. The summed E-state index contributed by atoms with van der Waals surface area (Å²) < 4.78 is 0. The first-order valence-corrected chi connectivity index (χ1v) is 6.07. The maximum Gasteiger partial charge on any atom is 0.122 e.